The molecule has 15 heavy (non-hydrogen) atoms. The lowest BCUT2D eigenvalue weighted by Crippen LogP contribution is -2.33. The van der Waals surface area contributed by atoms with E-state index < -0.39 is 0 Å². The van der Waals surface area contributed by atoms with Gasteiger partial charge in [-0.15, -0.1) is 0 Å². The maximum absolute atomic E-state index is 11.2. The van der Waals surface area contributed by atoms with Crippen molar-refractivity contribution < 1.29 is 14.3 Å². The lowest BCUT2D eigenvalue weighted by Gasteiger charge is -2.14. The van der Waals surface area contributed by atoms with Gasteiger partial charge in [-0.05, 0) is 12.8 Å². The molecule has 2 N–H and O–H groups in total. The first-order valence-corrected chi connectivity index (χ1v) is 5.29. The maximum atomic E-state index is 11.2. The Morgan fingerprint density at radius 1 is 1.67 bits per heavy atom. The van der Waals surface area contributed by atoms with Gasteiger partial charge < -0.3 is 15.4 Å². The summed E-state index contributed by atoms with van der Waals surface area (Å²) in [6.07, 6.45) is 2.82. The number of methoxy groups -OCH3 is 1. The Balaban J connectivity index is 2.19. The zero-order chi connectivity index (χ0) is 11.1. The fourth-order valence-electron chi connectivity index (χ4n) is 1.63. The molecule has 1 aliphatic rings. The first-order chi connectivity index (χ1) is 7.22. The molecule has 1 amide bonds. The maximum Gasteiger partial charge on any atom is 0.306 e. The van der Waals surface area contributed by atoms with Crippen LogP contribution in [0.15, 0.2) is 0 Å². The number of rotatable bonds is 4. The van der Waals surface area contributed by atoms with E-state index in [1.807, 2.05) is 0 Å². The van der Waals surface area contributed by atoms with Gasteiger partial charge in [0.15, 0.2) is 0 Å². The first kappa shape index (κ1) is 12.0. The topological polar surface area (TPSA) is 67.4 Å². The molecule has 5 nitrogen and oxygen atoms in total. The molecule has 1 rings (SSSR count). The van der Waals surface area contributed by atoms with Gasteiger partial charge in [-0.3, -0.25) is 9.59 Å². The van der Waals surface area contributed by atoms with Gasteiger partial charge >= 0.3 is 5.97 Å². The number of carbonyl (C=O) groups is 2. The molecule has 86 valence electrons. The average molecular weight is 214 g/mol. The second-order valence-electron chi connectivity index (χ2n) is 3.67. The van der Waals surface area contributed by atoms with Gasteiger partial charge in [0.05, 0.1) is 13.5 Å². The Morgan fingerprint density at radius 2 is 2.47 bits per heavy atom. The van der Waals surface area contributed by atoms with Crippen LogP contribution in [0.1, 0.15) is 25.7 Å². The average Bonchev–Trinajstić information content (AvgIpc) is 2.42. The number of nitrogens with one attached hydrogen (secondary N) is 2. The van der Waals surface area contributed by atoms with Crippen LogP contribution in [0, 0.1) is 0 Å². The molecule has 0 aromatic heterocycles. The highest BCUT2D eigenvalue weighted by Crippen LogP contribution is 2.05. The summed E-state index contributed by atoms with van der Waals surface area (Å²) in [6, 6.07) is 0.192. The molecule has 0 aliphatic carbocycles. The summed E-state index contributed by atoms with van der Waals surface area (Å²) in [5.74, 6) is -0.136. The monoisotopic (exact) mass is 214 g/mol. The van der Waals surface area contributed by atoms with Crippen LogP contribution < -0.4 is 10.6 Å². The zero-order valence-corrected chi connectivity index (χ0v) is 9.04. The van der Waals surface area contributed by atoms with E-state index in [4.69, 9.17) is 0 Å². The van der Waals surface area contributed by atoms with Gasteiger partial charge in [0, 0.05) is 25.6 Å². The van der Waals surface area contributed by atoms with Crippen LogP contribution in [0.2, 0.25) is 0 Å². The SMILES string of the molecule is COC(=O)CCNC1CCCNC(=O)C1. The molecule has 1 unspecified atom stereocenters. The zero-order valence-electron chi connectivity index (χ0n) is 9.04. The van der Waals surface area contributed by atoms with Crippen LogP contribution in [0.5, 0.6) is 0 Å². The number of amides is 1. The summed E-state index contributed by atoms with van der Waals surface area (Å²) < 4.78 is 4.53. The normalized spacial score (nSPS) is 21.7. The summed E-state index contributed by atoms with van der Waals surface area (Å²) in [4.78, 5) is 22.0. The van der Waals surface area contributed by atoms with Crippen LogP contribution in [0.25, 0.3) is 0 Å². The Bertz CT molecular complexity index is 231. The highest BCUT2D eigenvalue weighted by Gasteiger charge is 2.16. The van der Waals surface area contributed by atoms with Crippen LogP contribution in [-0.2, 0) is 14.3 Å². The van der Waals surface area contributed by atoms with Crippen molar-refractivity contribution in [2.45, 2.75) is 31.7 Å². The number of hydrogen-bond acceptors (Lipinski definition) is 4. The second kappa shape index (κ2) is 6.40. The van der Waals surface area contributed by atoms with Crippen molar-refractivity contribution in [2.75, 3.05) is 20.2 Å². The van der Waals surface area contributed by atoms with Gasteiger partial charge in [-0.2, -0.15) is 0 Å². The number of ether oxygens (including phenoxy) is 1. The third-order valence-electron chi connectivity index (χ3n) is 2.47. The molecule has 0 aromatic rings. The van der Waals surface area contributed by atoms with Crippen molar-refractivity contribution in [1.29, 1.82) is 0 Å². The van der Waals surface area contributed by atoms with Crippen LogP contribution in [-0.4, -0.2) is 38.1 Å². The van der Waals surface area contributed by atoms with Crippen molar-refractivity contribution in [3.05, 3.63) is 0 Å². The summed E-state index contributed by atoms with van der Waals surface area (Å²) in [6.45, 7) is 1.33. The van der Waals surface area contributed by atoms with E-state index in [1.165, 1.54) is 7.11 Å². The van der Waals surface area contributed by atoms with Gasteiger partial charge in [-0.25, -0.2) is 0 Å². The van der Waals surface area contributed by atoms with Gasteiger partial charge in [0.25, 0.3) is 0 Å². The van der Waals surface area contributed by atoms with Crippen molar-refractivity contribution in [2.24, 2.45) is 0 Å². The van der Waals surface area contributed by atoms with E-state index in [-0.39, 0.29) is 17.9 Å². The van der Waals surface area contributed by atoms with Crippen LogP contribution in [0.4, 0.5) is 0 Å². The van der Waals surface area contributed by atoms with Crippen LogP contribution >= 0.6 is 0 Å². The summed E-state index contributed by atoms with van der Waals surface area (Å²) in [5, 5.41) is 6.01. The van der Waals surface area contributed by atoms with Crippen molar-refractivity contribution in [1.82, 2.24) is 10.6 Å². The fraction of sp³-hybridized carbons (Fsp3) is 0.800. The Labute approximate surface area is 89.6 Å². The third-order valence-corrected chi connectivity index (χ3v) is 2.47. The molecule has 1 saturated heterocycles. The molecule has 0 bridgehead atoms. The molecular formula is C10H18N2O3. The number of esters is 1. The molecule has 1 heterocycles. The Morgan fingerprint density at radius 3 is 3.20 bits per heavy atom. The highest BCUT2D eigenvalue weighted by molar-refractivity contribution is 5.76. The summed E-state index contributed by atoms with van der Waals surface area (Å²) in [5.41, 5.74) is 0. The Hall–Kier alpha value is -1.10. The molecule has 0 aromatic carbocycles. The summed E-state index contributed by atoms with van der Waals surface area (Å²) >= 11 is 0. The lowest BCUT2D eigenvalue weighted by molar-refractivity contribution is -0.140. The van der Waals surface area contributed by atoms with Gasteiger partial charge in [0.2, 0.25) is 5.91 Å². The molecule has 5 heteroatoms. The van der Waals surface area contributed by atoms with E-state index in [2.05, 4.69) is 15.4 Å². The molecule has 1 aliphatic heterocycles. The quantitative estimate of drug-likeness (QED) is 0.636. The first-order valence-electron chi connectivity index (χ1n) is 5.29. The van der Waals surface area contributed by atoms with E-state index in [0.717, 1.165) is 19.4 Å². The molecule has 0 spiro atoms. The van der Waals surface area contributed by atoms with E-state index in [9.17, 15) is 9.59 Å². The van der Waals surface area contributed by atoms with Gasteiger partial charge in [0.1, 0.15) is 0 Å². The van der Waals surface area contributed by atoms with Crippen molar-refractivity contribution in [3.8, 4) is 0 Å². The van der Waals surface area contributed by atoms with E-state index >= 15 is 0 Å². The fourth-order valence-corrected chi connectivity index (χ4v) is 1.63. The predicted molar refractivity (Wildman–Crippen MR) is 55.3 cm³/mol. The lowest BCUT2D eigenvalue weighted by atomic mass is 10.1. The summed E-state index contributed by atoms with van der Waals surface area (Å²) in [7, 11) is 1.38. The van der Waals surface area contributed by atoms with Gasteiger partial charge in [-0.1, -0.05) is 0 Å². The third kappa shape index (κ3) is 4.78. The van der Waals surface area contributed by atoms with Crippen molar-refractivity contribution >= 4 is 11.9 Å². The minimum atomic E-state index is -0.222. The molecule has 0 saturated carbocycles. The molecule has 0 radical (unpaired) electrons. The molecular weight excluding hydrogens is 196 g/mol. The highest BCUT2D eigenvalue weighted by atomic mass is 16.5. The van der Waals surface area contributed by atoms with Crippen molar-refractivity contribution in [3.63, 3.8) is 0 Å². The van der Waals surface area contributed by atoms with Crippen LogP contribution in [0.3, 0.4) is 0 Å². The number of hydrogen-bond donors (Lipinski definition) is 2. The number of carbonyl (C=O) groups excluding carboxylic acids is 2. The minimum absolute atomic E-state index is 0.0862. The molecule has 1 atom stereocenters. The van der Waals surface area contributed by atoms with E-state index in [1.54, 1.807) is 0 Å². The minimum Gasteiger partial charge on any atom is -0.469 e. The standard InChI is InChI=1S/C10H18N2O3/c1-15-10(14)4-6-11-8-3-2-5-12-9(13)7-8/h8,11H,2-7H2,1H3,(H,12,13). The second-order valence-corrected chi connectivity index (χ2v) is 3.67. The molecule has 1 fully saturated rings. The Kier molecular flexibility index (Phi) is 5.10. The largest absolute Gasteiger partial charge is 0.469 e. The van der Waals surface area contributed by atoms with E-state index in [0.29, 0.717) is 19.4 Å². The smallest absolute Gasteiger partial charge is 0.306 e. The predicted octanol–water partition coefficient (Wildman–Crippen LogP) is -0.192.